The van der Waals surface area contributed by atoms with E-state index in [1.807, 2.05) is 26.0 Å². The van der Waals surface area contributed by atoms with Crippen LogP contribution in [0.4, 0.5) is 5.69 Å². The Bertz CT molecular complexity index is 711. The molecule has 0 saturated heterocycles. The lowest BCUT2D eigenvalue weighted by Gasteiger charge is -2.13. The van der Waals surface area contributed by atoms with Crippen molar-refractivity contribution >= 4 is 39.1 Å². The minimum absolute atomic E-state index is 0.113. The summed E-state index contributed by atoms with van der Waals surface area (Å²) in [7, 11) is 1.53. The van der Waals surface area contributed by atoms with Gasteiger partial charge in [-0.25, -0.2) is 0 Å². The summed E-state index contributed by atoms with van der Waals surface area (Å²) < 4.78 is 11.6. The summed E-state index contributed by atoms with van der Waals surface area (Å²) in [6, 6.07) is 8.96. The highest BCUT2D eigenvalue weighted by Gasteiger charge is 2.12. The Morgan fingerprint density at radius 2 is 2.00 bits per heavy atom. The first-order chi connectivity index (χ1) is 10.9. The van der Waals surface area contributed by atoms with Gasteiger partial charge in [0.15, 0.2) is 6.61 Å². The summed E-state index contributed by atoms with van der Waals surface area (Å²) in [5.74, 6) is 0.900. The summed E-state index contributed by atoms with van der Waals surface area (Å²) in [6.07, 6.45) is 0. The Hall–Kier alpha value is -1.72. The molecule has 0 atom stereocenters. The number of hydrogen-bond donors (Lipinski definition) is 1. The van der Waals surface area contributed by atoms with E-state index in [0.29, 0.717) is 22.2 Å². The van der Waals surface area contributed by atoms with E-state index >= 15 is 0 Å². The topological polar surface area (TPSA) is 47.6 Å². The van der Waals surface area contributed by atoms with Crippen molar-refractivity contribution in [3.05, 3.63) is 51.0 Å². The van der Waals surface area contributed by atoms with Gasteiger partial charge in [0, 0.05) is 5.02 Å². The fourth-order valence-electron chi connectivity index (χ4n) is 2.19. The minimum Gasteiger partial charge on any atom is -0.495 e. The van der Waals surface area contributed by atoms with Crippen LogP contribution < -0.4 is 14.8 Å². The number of carbonyl (C=O) groups is 1. The van der Waals surface area contributed by atoms with E-state index in [2.05, 4.69) is 21.2 Å². The van der Waals surface area contributed by atoms with E-state index in [1.54, 1.807) is 18.2 Å². The van der Waals surface area contributed by atoms with Crippen LogP contribution in [0.5, 0.6) is 11.5 Å². The fraction of sp³-hybridized carbons (Fsp3) is 0.235. The number of ether oxygens (including phenoxy) is 2. The summed E-state index contributed by atoms with van der Waals surface area (Å²) in [6.45, 7) is 3.82. The van der Waals surface area contributed by atoms with Crippen LogP contribution >= 0.6 is 27.5 Å². The molecule has 0 radical (unpaired) electrons. The van der Waals surface area contributed by atoms with E-state index in [9.17, 15) is 4.79 Å². The molecule has 4 nitrogen and oxygen atoms in total. The molecule has 0 aliphatic carbocycles. The fourth-order valence-corrected chi connectivity index (χ4v) is 3.15. The Labute approximate surface area is 148 Å². The lowest BCUT2D eigenvalue weighted by molar-refractivity contribution is -0.118. The average Bonchev–Trinajstić information content (AvgIpc) is 2.46. The summed E-state index contributed by atoms with van der Waals surface area (Å²) in [4.78, 5) is 12.1. The van der Waals surface area contributed by atoms with Crippen LogP contribution in [0.25, 0.3) is 0 Å². The van der Waals surface area contributed by atoms with Gasteiger partial charge in [-0.05, 0) is 65.2 Å². The van der Waals surface area contributed by atoms with Crippen LogP contribution in [0, 0.1) is 13.8 Å². The number of carbonyl (C=O) groups excluding carboxylic acids is 1. The van der Waals surface area contributed by atoms with Crippen molar-refractivity contribution in [1.29, 1.82) is 0 Å². The molecule has 0 spiro atoms. The zero-order valence-corrected chi connectivity index (χ0v) is 15.4. The van der Waals surface area contributed by atoms with Crippen molar-refractivity contribution in [1.82, 2.24) is 0 Å². The Balaban J connectivity index is 2.05. The molecule has 1 N–H and O–H groups in total. The van der Waals surface area contributed by atoms with Gasteiger partial charge in [-0.1, -0.05) is 17.7 Å². The summed E-state index contributed by atoms with van der Waals surface area (Å²) >= 11 is 9.40. The first-order valence-corrected chi connectivity index (χ1v) is 8.10. The van der Waals surface area contributed by atoms with Gasteiger partial charge in [-0.3, -0.25) is 4.79 Å². The predicted octanol–water partition coefficient (Wildman–Crippen LogP) is 4.75. The van der Waals surface area contributed by atoms with Gasteiger partial charge in [0.25, 0.3) is 5.91 Å². The Kier molecular flexibility index (Phi) is 5.91. The maximum atomic E-state index is 12.1. The highest BCUT2D eigenvalue weighted by atomic mass is 79.9. The SMILES string of the molecule is COc1ccc(Cl)cc1NC(=O)COc1c(C)cc(C)cc1Br. The largest absolute Gasteiger partial charge is 0.495 e. The Morgan fingerprint density at radius 1 is 1.26 bits per heavy atom. The maximum absolute atomic E-state index is 12.1. The first kappa shape index (κ1) is 17.6. The van der Waals surface area contributed by atoms with Gasteiger partial charge < -0.3 is 14.8 Å². The molecule has 0 aromatic heterocycles. The van der Waals surface area contributed by atoms with Crippen LogP contribution in [-0.4, -0.2) is 19.6 Å². The number of halogens is 2. The van der Waals surface area contributed by atoms with Crippen LogP contribution in [0.3, 0.4) is 0 Å². The lowest BCUT2D eigenvalue weighted by atomic mass is 10.1. The van der Waals surface area contributed by atoms with Crippen molar-refractivity contribution in [2.75, 3.05) is 19.0 Å². The molecule has 122 valence electrons. The predicted molar refractivity (Wildman–Crippen MR) is 95.7 cm³/mol. The molecule has 0 aliphatic rings. The van der Waals surface area contributed by atoms with Crippen LogP contribution in [0.2, 0.25) is 5.02 Å². The number of amides is 1. The van der Waals surface area contributed by atoms with Crippen LogP contribution in [-0.2, 0) is 4.79 Å². The van der Waals surface area contributed by atoms with Gasteiger partial charge in [0.1, 0.15) is 11.5 Å². The third kappa shape index (κ3) is 4.62. The molecule has 0 saturated carbocycles. The van der Waals surface area contributed by atoms with Gasteiger partial charge >= 0.3 is 0 Å². The molecule has 0 unspecified atom stereocenters. The minimum atomic E-state index is -0.294. The zero-order chi connectivity index (χ0) is 17.0. The number of benzene rings is 2. The number of methoxy groups -OCH3 is 1. The molecule has 2 rings (SSSR count). The second kappa shape index (κ2) is 7.70. The van der Waals surface area contributed by atoms with Crippen LogP contribution in [0.1, 0.15) is 11.1 Å². The van der Waals surface area contributed by atoms with Gasteiger partial charge in [-0.15, -0.1) is 0 Å². The lowest BCUT2D eigenvalue weighted by Crippen LogP contribution is -2.21. The zero-order valence-electron chi connectivity index (χ0n) is 13.1. The number of rotatable bonds is 5. The highest BCUT2D eigenvalue weighted by Crippen LogP contribution is 2.30. The molecule has 0 bridgehead atoms. The van der Waals surface area contributed by atoms with Crippen molar-refractivity contribution in [2.45, 2.75) is 13.8 Å². The molecular weight excluding hydrogens is 382 g/mol. The van der Waals surface area contributed by atoms with E-state index in [-0.39, 0.29) is 12.5 Å². The Morgan fingerprint density at radius 3 is 2.65 bits per heavy atom. The molecule has 2 aromatic carbocycles. The molecule has 1 amide bonds. The smallest absolute Gasteiger partial charge is 0.262 e. The summed E-state index contributed by atoms with van der Waals surface area (Å²) in [5.41, 5.74) is 2.59. The standard InChI is InChI=1S/C17H17BrClNO3/c1-10-6-11(2)17(13(18)7-10)23-9-16(21)20-14-8-12(19)4-5-15(14)22-3/h4-8H,9H2,1-3H3,(H,20,21). The second-order valence-electron chi connectivity index (χ2n) is 5.07. The first-order valence-electron chi connectivity index (χ1n) is 6.93. The third-order valence-corrected chi connectivity index (χ3v) is 3.98. The molecular formula is C17H17BrClNO3. The summed E-state index contributed by atoms with van der Waals surface area (Å²) in [5, 5.41) is 3.25. The van der Waals surface area contributed by atoms with Crippen molar-refractivity contribution in [3.8, 4) is 11.5 Å². The number of anilines is 1. The molecule has 2 aromatic rings. The van der Waals surface area contributed by atoms with E-state index in [0.717, 1.165) is 15.6 Å². The molecule has 23 heavy (non-hydrogen) atoms. The van der Waals surface area contributed by atoms with Gasteiger partial charge in [0.05, 0.1) is 17.3 Å². The van der Waals surface area contributed by atoms with Crippen molar-refractivity contribution < 1.29 is 14.3 Å². The molecule has 0 heterocycles. The van der Waals surface area contributed by atoms with Crippen LogP contribution in [0.15, 0.2) is 34.8 Å². The molecule has 0 aliphatic heterocycles. The average molecular weight is 399 g/mol. The van der Waals surface area contributed by atoms with E-state index in [4.69, 9.17) is 21.1 Å². The van der Waals surface area contributed by atoms with Gasteiger partial charge in [-0.2, -0.15) is 0 Å². The van der Waals surface area contributed by atoms with Gasteiger partial charge in [0.2, 0.25) is 0 Å². The monoisotopic (exact) mass is 397 g/mol. The number of hydrogen-bond acceptors (Lipinski definition) is 3. The normalized spacial score (nSPS) is 10.3. The van der Waals surface area contributed by atoms with Crippen molar-refractivity contribution in [3.63, 3.8) is 0 Å². The second-order valence-corrected chi connectivity index (χ2v) is 6.36. The van der Waals surface area contributed by atoms with E-state index in [1.165, 1.54) is 7.11 Å². The molecule has 6 heteroatoms. The third-order valence-electron chi connectivity index (χ3n) is 3.16. The quantitative estimate of drug-likeness (QED) is 0.791. The van der Waals surface area contributed by atoms with Crippen molar-refractivity contribution in [2.24, 2.45) is 0 Å². The highest BCUT2D eigenvalue weighted by molar-refractivity contribution is 9.10. The number of aryl methyl sites for hydroxylation is 2. The maximum Gasteiger partial charge on any atom is 0.262 e. The molecule has 0 fully saturated rings. The van der Waals surface area contributed by atoms with E-state index < -0.39 is 0 Å². The number of nitrogens with one attached hydrogen (secondary N) is 1.